The van der Waals surface area contributed by atoms with Gasteiger partial charge in [0.15, 0.2) is 0 Å². The Morgan fingerprint density at radius 3 is 2.91 bits per heavy atom. The molecule has 0 saturated carbocycles. The Hall–Kier alpha value is -1.31. The predicted molar refractivity (Wildman–Crippen MR) is 80.7 cm³/mol. The van der Waals surface area contributed by atoms with Gasteiger partial charge in [0, 0.05) is 23.8 Å². The summed E-state index contributed by atoms with van der Waals surface area (Å²) in [5.41, 5.74) is 1.02. The third kappa shape index (κ3) is 4.59. The Morgan fingerprint density at radius 1 is 1.55 bits per heavy atom. The Labute approximate surface area is 135 Å². The van der Waals surface area contributed by atoms with E-state index in [0.717, 1.165) is 28.8 Å². The first kappa shape index (κ1) is 17.1. The number of nitrogens with one attached hydrogen (secondary N) is 1. The van der Waals surface area contributed by atoms with Gasteiger partial charge >= 0.3 is 6.18 Å². The normalized spacial score (nSPS) is 19.1. The highest BCUT2D eigenvalue weighted by Gasteiger charge is 2.31. The molecular formula is C14H17BrF3N3O. The number of aromatic nitrogens is 1. The first-order valence-corrected chi connectivity index (χ1v) is 7.77. The van der Waals surface area contributed by atoms with Crippen LogP contribution in [-0.4, -0.2) is 36.7 Å². The summed E-state index contributed by atoms with van der Waals surface area (Å²) in [4.78, 5) is 18.1. The first-order chi connectivity index (χ1) is 10.3. The second-order valence-corrected chi connectivity index (χ2v) is 6.26. The minimum Gasteiger partial charge on any atom is -0.356 e. The molecule has 122 valence electrons. The SMILES string of the molecule is Cc1cc(N2CCCC(C(=O)NCC(F)(F)F)C2)ncc1Br. The average Bonchev–Trinajstić information content (AvgIpc) is 2.47. The molecule has 0 bridgehead atoms. The lowest BCUT2D eigenvalue weighted by molar-refractivity contribution is -0.140. The van der Waals surface area contributed by atoms with E-state index in [2.05, 4.69) is 20.9 Å². The van der Waals surface area contributed by atoms with E-state index >= 15 is 0 Å². The number of aryl methyl sites for hydroxylation is 1. The summed E-state index contributed by atoms with van der Waals surface area (Å²) in [6.07, 6.45) is -1.34. The van der Waals surface area contributed by atoms with Crippen LogP contribution in [0, 0.1) is 12.8 Å². The summed E-state index contributed by atoms with van der Waals surface area (Å²) >= 11 is 3.38. The zero-order chi connectivity index (χ0) is 16.3. The zero-order valence-electron chi connectivity index (χ0n) is 12.1. The molecule has 0 aliphatic carbocycles. The summed E-state index contributed by atoms with van der Waals surface area (Å²) in [6.45, 7) is 1.79. The second-order valence-electron chi connectivity index (χ2n) is 5.41. The second kappa shape index (κ2) is 6.85. The summed E-state index contributed by atoms with van der Waals surface area (Å²) in [7, 11) is 0. The predicted octanol–water partition coefficient (Wildman–Crippen LogP) is 3.05. The summed E-state index contributed by atoms with van der Waals surface area (Å²) in [5.74, 6) is -0.244. The molecule has 1 unspecified atom stereocenters. The van der Waals surface area contributed by atoms with Crippen LogP contribution < -0.4 is 10.2 Å². The van der Waals surface area contributed by atoms with Crippen LogP contribution in [0.1, 0.15) is 18.4 Å². The van der Waals surface area contributed by atoms with Gasteiger partial charge < -0.3 is 10.2 Å². The number of anilines is 1. The molecule has 0 spiro atoms. The molecule has 1 aliphatic rings. The van der Waals surface area contributed by atoms with Crippen molar-refractivity contribution in [2.45, 2.75) is 25.9 Å². The maximum atomic E-state index is 12.2. The van der Waals surface area contributed by atoms with Gasteiger partial charge in [0.2, 0.25) is 5.91 Å². The van der Waals surface area contributed by atoms with Crippen molar-refractivity contribution in [2.75, 3.05) is 24.5 Å². The van der Waals surface area contributed by atoms with Crippen LogP contribution >= 0.6 is 15.9 Å². The zero-order valence-corrected chi connectivity index (χ0v) is 13.7. The Morgan fingerprint density at radius 2 is 2.27 bits per heavy atom. The first-order valence-electron chi connectivity index (χ1n) is 6.98. The molecular weight excluding hydrogens is 363 g/mol. The Bertz CT molecular complexity index is 551. The van der Waals surface area contributed by atoms with E-state index < -0.39 is 24.5 Å². The van der Waals surface area contributed by atoms with Crippen LogP contribution in [0.25, 0.3) is 0 Å². The van der Waals surface area contributed by atoms with Crippen molar-refractivity contribution in [3.05, 3.63) is 22.3 Å². The Balaban J connectivity index is 1.99. The highest BCUT2D eigenvalue weighted by molar-refractivity contribution is 9.10. The van der Waals surface area contributed by atoms with Crippen molar-refractivity contribution < 1.29 is 18.0 Å². The lowest BCUT2D eigenvalue weighted by Crippen LogP contribution is -2.45. The van der Waals surface area contributed by atoms with Crippen molar-refractivity contribution in [3.63, 3.8) is 0 Å². The van der Waals surface area contributed by atoms with Crippen molar-refractivity contribution in [2.24, 2.45) is 5.92 Å². The number of halogens is 4. The molecule has 1 aliphatic heterocycles. The van der Waals surface area contributed by atoms with Crippen molar-refractivity contribution in [3.8, 4) is 0 Å². The van der Waals surface area contributed by atoms with E-state index in [-0.39, 0.29) is 0 Å². The molecule has 1 amide bonds. The highest BCUT2D eigenvalue weighted by Crippen LogP contribution is 2.25. The fourth-order valence-corrected chi connectivity index (χ4v) is 2.65. The van der Waals surface area contributed by atoms with Crippen LogP contribution in [0.2, 0.25) is 0 Å². The van der Waals surface area contributed by atoms with E-state index in [1.807, 2.05) is 23.2 Å². The van der Waals surface area contributed by atoms with Crippen molar-refractivity contribution in [1.29, 1.82) is 0 Å². The maximum Gasteiger partial charge on any atom is 0.405 e. The fraction of sp³-hybridized carbons (Fsp3) is 0.571. The monoisotopic (exact) mass is 379 g/mol. The smallest absolute Gasteiger partial charge is 0.356 e. The van der Waals surface area contributed by atoms with Crippen molar-refractivity contribution >= 4 is 27.7 Å². The van der Waals surface area contributed by atoms with Crippen molar-refractivity contribution in [1.82, 2.24) is 10.3 Å². The van der Waals surface area contributed by atoms with Gasteiger partial charge in [0.05, 0.1) is 5.92 Å². The molecule has 1 fully saturated rings. The summed E-state index contributed by atoms with van der Waals surface area (Å²) in [5, 5.41) is 1.97. The summed E-state index contributed by atoms with van der Waals surface area (Å²) in [6, 6.07) is 1.90. The number of nitrogens with zero attached hydrogens (tertiary/aromatic N) is 2. The van der Waals surface area contributed by atoms with Gasteiger partial charge in [0.25, 0.3) is 0 Å². The molecule has 1 aromatic heterocycles. The number of alkyl halides is 3. The number of pyridine rings is 1. The molecule has 0 radical (unpaired) electrons. The van der Waals surface area contributed by atoms with E-state index in [1.165, 1.54) is 0 Å². The molecule has 2 heterocycles. The Kier molecular flexibility index (Phi) is 5.31. The van der Waals surface area contributed by atoms with Gasteiger partial charge in [-0.3, -0.25) is 4.79 Å². The van der Waals surface area contributed by atoms with Gasteiger partial charge in [-0.05, 0) is 47.3 Å². The largest absolute Gasteiger partial charge is 0.405 e. The van der Waals surface area contributed by atoms with E-state index in [9.17, 15) is 18.0 Å². The number of rotatable bonds is 3. The van der Waals surface area contributed by atoms with Crippen LogP contribution in [-0.2, 0) is 4.79 Å². The standard InChI is InChI=1S/C14H17BrF3N3O/c1-9-5-12(19-6-11(9)15)21-4-2-3-10(7-21)13(22)20-8-14(16,17)18/h5-6,10H,2-4,7-8H2,1H3,(H,20,22). The number of piperidine rings is 1. The lowest BCUT2D eigenvalue weighted by Gasteiger charge is -2.33. The van der Waals surface area contributed by atoms with E-state index in [1.54, 1.807) is 6.20 Å². The number of hydrogen-bond acceptors (Lipinski definition) is 3. The fourth-order valence-electron chi connectivity index (χ4n) is 2.43. The van der Waals surface area contributed by atoms with Crippen LogP contribution in [0.3, 0.4) is 0 Å². The topological polar surface area (TPSA) is 45.2 Å². The number of hydrogen-bond donors (Lipinski definition) is 1. The minimum absolute atomic E-state index is 0.387. The molecule has 8 heteroatoms. The molecule has 1 atom stereocenters. The van der Waals surface area contributed by atoms with Gasteiger partial charge in [-0.2, -0.15) is 13.2 Å². The van der Waals surface area contributed by atoms with Gasteiger partial charge in [-0.25, -0.2) is 4.98 Å². The van der Waals surface area contributed by atoms with Crippen LogP contribution in [0.4, 0.5) is 19.0 Å². The molecule has 1 N–H and O–H groups in total. The maximum absolute atomic E-state index is 12.2. The average molecular weight is 380 g/mol. The van der Waals surface area contributed by atoms with E-state index in [0.29, 0.717) is 13.0 Å². The number of carbonyl (C=O) groups is 1. The molecule has 2 rings (SSSR count). The third-order valence-corrected chi connectivity index (χ3v) is 4.44. The quantitative estimate of drug-likeness (QED) is 0.877. The van der Waals surface area contributed by atoms with Gasteiger partial charge in [0.1, 0.15) is 12.4 Å². The lowest BCUT2D eigenvalue weighted by atomic mass is 9.97. The van der Waals surface area contributed by atoms with Gasteiger partial charge in [-0.1, -0.05) is 0 Å². The molecule has 1 aromatic rings. The van der Waals surface area contributed by atoms with Crippen LogP contribution in [0.15, 0.2) is 16.7 Å². The van der Waals surface area contributed by atoms with Crippen LogP contribution in [0.5, 0.6) is 0 Å². The molecule has 4 nitrogen and oxygen atoms in total. The number of amides is 1. The molecule has 1 saturated heterocycles. The minimum atomic E-state index is -4.38. The van der Waals surface area contributed by atoms with E-state index in [4.69, 9.17) is 0 Å². The number of carbonyl (C=O) groups excluding carboxylic acids is 1. The van der Waals surface area contributed by atoms with Gasteiger partial charge in [-0.15, -0.1) is 0 Å². The highest BCUT2D eigenvalue weighted by atomic mass is 79.9. The molecule has 22 heavy (non-hydrogen) atoms. The summed E-state index contributed by atoms with van der Waals surface area (Å²) < 4.78 is 37.4. The molecule has 0 aromatic carbocycles. The third-order valence-electron chi connectivity index (χ3n) is 3.61.